The molecule has 0 aliphatic carbocycles. The van der Waals surface area contributed by atoms with E-state index < -0.39 is 8.80 Å². The molecule has 2 rings (SSSR count). The number of aromatic nitrogens is 1. The van der Waals surface area contributed by atoms with Crippen LogP contribution in [0.3, 0.4) is 0 Å². The van der Waals surface area contributed by atoms with Crippen LogP contribution in [0.2, 0.25) is 6.04 Å². The van der Waals surface area contributed by atoms with Crippen molar-refractivity contribution in [2.45, 2.75) is 38.1 Å². The molecule has 0 aliphatic rings. The number of nitrogens with zero attached hydrogens (tertiary/aromatic N) is 1. The second-order valence-corrected chi connectivity index (χ2v) is 8.79. The molecule has 0 amide bonds. The molecule has 4 nitrogen and oxygen atoms in total. The SMILES string of the molecule is CO[Si](CCCCCCc1ccnc2ccccc12)(OC)OC. The van der Waals surface area contributed by atoms with Gasteiger partial charge in [-0.25, -0.2) is 0 Å². The van der Waals surface area contributed by atoms with Crippen molar-refractivity contribution in [1.82, 2.24) is 4.98 Å². The molecule has 0 N–H and O–H groups in total. The van der Waals surface area contributed by atoms with Crippen LogP contribution in [-0.4, -0.2) is 35.1 Å². The minimum absolute atomic E-state index is 0.884. The molecular formula is C18H27NO3Si. The summed E-state index contributed by atoms with van der Waals surface area (Å²) in [4.78, 5) is 4.42. The van der Waals surface area contributed by atoms with Crippen LogP contribution >= 0.6 is 0 Å². The van der Waals surface area contributed by atoms with E-state index in [-0.39, 0.29) is 0 Å². The Morgan fingerprint density at radius 2 is 1.57 bits per heavy atom. The van der Waals surface area contributed by atoms with Gasteiger partial charge in [0, 0.05) is 39.0 Å². The van der Waals surface area contributed by atoms with Gasteiger partial charge in [-0.2, -0.15) is 0 Å². The minimum atomic E-state index is -2.39. The molecule has 0 saturated carbocycles. The average Bonchev–Trinajstić information content (AvgIpc) is 2.62. The Kier molecular flexibility index (Phi) is 7.17. The third-order valence-electron chi connectivity index (χ3n) is 4.35. The minimum Gasteiger partial charge on any atom is -0.377 e. The molecule has 0 aliphatic heterocycles. The molecule has 0 fully saturated rings. The van der Waals surface area contributed by atoms with Crippen LogP contribution in [0.4, 0.5) is 0 Å². The average molecular weight is 334 g/mol. The molecule has 5 heteroatoms. The van der Waals surface area contributed by atoms with Crippen LogP contribution in [0.25, 0.3) is 10.9 Å². The molecule has 1 aromatic carbocycles. The molecule has 0 radical (unpaired) electrons. The van der Waals surface area contributed by atoms with Gasteiger partial charge in [0.15, 0.2) is 0 Å². The van der Waals surface area contributed by atoms with Crippen LogP contribution < -0.4 is 0 Å². The number of pyridine rings is 1. The van der Waals surface area contributed by atoms with Crippen molar-refractivity contribution in [3.63, 3.8) is 0 Å². The summed E-state index contributed by atoms with van der Waals surface area (Å²) in [7, 11) is 2.64. The van der Waals surface area contributed by atoms with E-state index in [0.717, 1.165) is 24.4 Å². The van der Waals surface area contributed by atoms with Crippen molar-refractivity contribution in [3.05, 3.63) is 42.1 Å². The fourth-order valence-electron chi connectivity index (χ4n) is 2.94. The first-order chi connectivity index (χ1) is 11.2. The smallest absolute Gasteiger partial charge is 0.377 e. The highest BCUT2D eigenvalue weighted by molar-refractivity contribution is 6.60. The number of para-hydroxylation sites is 1. The monoisotopic (exact) mass is 333 g/mol. The molecule has 1 heterocycles. The maximum atomic E-state index is 5.45. The van der Waals surface area contributed by atoms with Crippen molar-refractivity contribution < 1.29 is 13.3 Å². The Bertz CT molecular complexity index is 588. The standard InChI is InChI=1S/C18H27NO3Si/c1-20-23(21-2,22-3)15-9-5-4-6-10-16-13-14-19-18-12-8-7-11-17(16)18/h7-8,11-14H,4-6,9-10,15H2,1-3H3. The number of hydrogen-bond acceptors (Lipinski definition) is 4. The molecular weight excluding hydrogens is 306 g/mol. The number of aryl methyl sites for hydroxylation is 1. The number of benzene rings is 1. The lowest BCUT2D eigenvalue weighted by Gasteiger charge is -2.24. The third kappa shape index (κ3) is 4.85. The van der Waals surface area contributed by atoms with Crippen LogP contribution in [0.1, 0.15) is 31.2 Å². The summed E-state index contributed by atoms with van der Waals surface area (Å²) >= 11 is 0. The highest BCUT2D eigenvalue weighted by Gasteiger charge is 2.36. The lowest BCUT2D eigenvalue weighted by molar-refractivity contribution is 0.122. The lowest BCUT2D eigenvalue weighted by Crippen LogP contribution is -2.42. The molecule has 0 saturated heterocycles. The van der Waals surface area contributed by atoms with Gasteiger partial charge >= 0.3 is 8.80 Å². The Morgan fingerprint density at radius 3 is 2.30 bits per heavy atom. The van der Waals surface area contributed by atoms with Gasteiger partial charge in [0.2, 0.25) is 0 Å². The quantitative estimate of drug-likeness (QED) is 0.482. The number of rotatable bonds is 10. The molecule has 23 heavy (non-hydrogen) atoms. The van der Waals surface area contributed by atoms with Gasteiger partial charge in [0.05, 0.1) is 5.52 Å². The number of unbranched alkanes of at least 4 members (excludes halogenated alkanes) is 3. The molecule has 1 aromatic heterocycles. The second-order valence-electron chi connectivity index (χ2n) is 5.70. The Morgan fingerprint density at radius 1 is 0.870 bits per heavy atom. The van der Waals surface area contributed by atoms with E-state index in [9.17, 15) is 0 Å². The van der Waals surface area contributed by atoms with Gasteiger partial charge in [-0.1, -0.05) is 31.0 Å². The maximum absolute atomic E-state index is 5.45. The third-order valence-corrected chi connectivity index (χ3v) is 7.18. The Balaban J connectivity index is 1.75. The van der Waals surface area contributed by atoms with Crippen LogP contribution in [0.5, 0.6) is 0 Å². The van der Waals surface area contributed by atoms with Crippen molar-refractivity contribution in [2.75, 3.05) is 21.3 Å². The lowest BCUT2D eigenvalue weighted by atomic mass is 10.0. The summed E-state index contributed by atoms with van der Waals surface area (Å²) in [5.41, 5.74) is 2.48. The zero-order valence-electron chi connectivity index (χ0n) is 14.4. The summed E-state index contributed by atoms with van der Waals surface area (Å²) < 4.78 is 16.3. The van der Waals surface area contributed by atoms with Crippen LogP contribution in [0, 0.1) is 0 Å². The van der Waals surface area contributed by atoms with Gasteiger partial charge in [-0.15, -0.1) is 0 Å². The van der Waals surface area contributed by atoms with Gasteiger partial charge in [-0.05, 0) is 37.0 Å². The fraction of sp³-hybridized carbons (Fsp3) is 0.500. The van der Waals surface area contributed by atoms with Crippen LogP contribution in [0.15, 0.2) is 36.5 Å². The van der Waals surface area contributed by atoms with Crippen molar-refractivity contribution in [2.24, 2.45) is 0 Å². The predicted molar refractivity (Wildman–Crippen MR) is 95.5 cm³/mol. The maximum Gasteiger partial charge on any atom is 0.500 e. The number of hydrogen-bond donors (Lipinski definition) is 0. The first-order valence-corrected chi connectivity index (χ1v) is 10.2. The summed E-state index contributed by atoms with van der Waals surface area (Å²) in [5, 5.41) is 1.28. The molecule has 0 atom stereocenters. The molecule has 0 unspecified atom stereocenters. The summed E-state index contributed by atoms with van der Waals surface area (Å²) in [6.45, 7) is 0. The zero-order valence-corrected chi connectivity index (χ0v) is 15.4. The largest absolute Gasteiger partial charge is 0.500 e. The zero-order chi connectivity index (χ0) is 16.5. The van der Waals surface area contributed by atoms with Crippen LogP contribution in [-0.2, 0) is 19.7 Å². The fourth-order valence-corrected chi connectivity index (χ4v) is 4.74. The highest BCUT2D eigenvalue weighted by atomic mass is 28.4. The van der Waals surface area contributed by atoms with E-state index >= 15 is 0 Å². The first kappa shape index (κ1) is 18.1. The predicted octanol–water partition coefficient (Wildman–Crippen LogP) is 4.22. The van der Waals surface area contributed by atoms with E-state index in [1.165, 1.54) is 30.2 Å². The van der Waals surface area contributed by atoms with Gasteiger partial charge in [0.25, 0.3) is 0 Å². The molecule has 126 valence electrons. The highest BCUT2D eigenvalue weighted by Crippen LogP contribution is 2.20. The summed E-state index contributed by atoms with van der Waals surface area (Å²) in [5.74, 6) is 0. The van der Waals surface area contributed by atoms with E-state index in [1.807, 2.05) is 12.3 Å². The van der Waals surface area contributed by atoms with Gasteiger partial charge < -0.3 is 13.3 Å². The van der Waals surface area contributed by atoms with Crippen molar-refractivity contribution in [1.29, 1.82) is 0 Å². The topological polar surface area (TPSA) is 40.6 Å². The number of fused-ring (bicyclic) bond motifs is 1. The Hall–Kier alpha value is -1.27. The molecule has 0 bridgehead atoms. The van der Waals surface area contributed by atoms with Gasteiger partial charge in [0.1, 0.15) is 0 Å². The second kappa shape index (κ2) is 9.13. The van der Waals surface area contributed by atoms with Gasteiger partial charge in [-0.3, -0.25) is 4.98 Å². The van der Waals surface area contributed by atoms with E-state index in [4.69, 9.17) is 13.3 Å². The Labute approximate surface area is 140 Å². The van der Waals surface area contributed by atoms with Crippen molar-refractivity contribution >= 4 is 19.7 Å². The van der Waals surface area contributed by atoms with E-state index in [0.29, 0.717) is 0 Å². The molecule has 2 aromatic rings. The normalized spacial score (nSPS) is 12.0. The van der Waals surface area contributed by atoms with E-state index in [1.54, 1.807) is 21.3 Å². The first-order valence-electron chi connectivity index (χ1n) is 8.23. The summed E-state index contributed by atoms with van der Waals surface area (Å²) in [6, 6.07) is 11.4. The van der Waals surface area contributed by atoms with E-state index in [2.05, 4.69) is 29.2 Å². The van der Waals surface area contributed by atoms with Crippen molar-refractivity contribution in [3.8, 4) is 0 Å². The summed E-state index contributed by atoms with van der Waals surface area (Å²) in [6.07, 6.45) is 7.66. The molecule has 0 spiro atoms.